The lowest BCUT2D eigenvalue weighted by Crippen LogP contribution is -2.49. The predicted molar refractivity (Wildman–Crippen MR) is 88.8 cm³/mol. The molecule has 4 rings (SSSR count). The summed E-state index contributed by atoms with van der Waals surface area (Å²) >= 11 is 0. The van der Waals surface area contributed by atoms with Gasteiger partial charge in [-0.1, -0.05) is 18.2 Å². The summed E-state index contributed by atoms with van der Waals surface area (Å²) in [5.74, 6) is 0.521. The Kier molecular flexibility index (Phi) is 3.65. The van der Waals surface area contributed by atoms with Crippen LogP contribution in [0.2, 0.25) is 0 Å². The largest absolute Gasteiger partial charge is 0.481 e. The molecule has 1 aromatic carbocycles. The number of carbonyl (C=O) groups is 1. The lowest BCUT2D eigenvalue weighted by Gasteiger charge is -2.34. The minimum Gasteiger partial charge on any atom is -0.481 e. The standard InChI is InChI=1S/C18H21N3O2/c1-23-17-15-5-3-2-4-13(15)12-16(19-17)18(22)21-10-8-20(9-11-21)14-6-7-14/h2-5,12,14H,6-11H2,1H3. The summed E-state index contributed by atoms with van der Waals surface area (Å²) < 4.78 is 5.37. The predicted octanol–water partition coefficient (Wildman–Crippen LogP) is 2.16. The number of hydrogen-bond acceptors (Lipinski definition) is 4. The summed E-state index contributed by atoms with van der Waals surface area (Å²) in [4.78, 5) is 21.6. The molecule has 2 fully saturated rings. The van der Waals surface area contributed by atoms with Crippen LogP contribution in [0.15, 0.2) is 30.3 Å². The second kappa shape index (κ2) is 5.81. The van der Waals surface area contributed by atoms with Gasteiger partial charge in [-0.25, -0.2) is 4.98 Å². The average molecular weight is 311 g/mol. The molecule has 1 saturated heterocycles. The number of ether oxygens (including phenoxy) is 1. The molecule has 1 aromatic heterocycles. The summed E-state index contributed by atoms with van der Waals surface area (Å²) in [6.07, 6.45) is 2.63. The van der Waals surface area contributed by atoms with Crippen LogP contribution in [-0.4, -0.2) is 60.0 Å². The zero-order chi connectivity index (χ0) is 15.8. The number of methoxy groups -OCH3 is 1. The fourth-order valence-electron chi connectivity index (χ4n) is 3.32. The summed E-state index contributed by atoms with van der Waals surface area (Å²) in [6.45, 7) is 3.51. The normalized spacial score (nSPS) is 19.1. The monoisotopic (exact) mass is 311 g/mol. The van der Waals surface area contributed by atoms with Crippen molar-refractivity contribution in [2.75, 3.05) is 33.3 Å². The van der Waals surface area contributed by atoms with E-state index >= 15 is 0 Å². The molecule has 1 saturated carbocycles. The lowest BCUT2D eigenvalue weighted by atomic mass is 10.1. The molecule has 5 nitrogen and oxygen atoms in total. The zero-order valence-corrected chi connectivity index (χ0v) is 13.4. The first-order valence-corrected chi connectivity index (χ1v) is 8.23. The van der Waals surface area contributed by atoms with Gasteiger partial charge in [-0.15, -0.1) is 0 Å². The van der Waals surface area contributed by atoms with Crippen LogP contribution < -0.4 is 4.74 Å². The molecule has 0 unspecified atom stereocenters. The van der Waals surface area contributed by atoms with E-state index in [4.69, 9.17) is 4.74 Å². The fourth-order valence-corrected chi connectivity index (χ4v) is 3.32. The van der Waals surface area contributed by atoms with E-state index in [1.54, 1.807) is 7.11 Å². The minimum atomic E-state index is 0.00417. The molecule has 0 bridgehead atoms. The molecule has 5 heteroatoms. The van der Waals surface area contributed by atoms with Crippen LogP contribution in [0.5, 0.6) is 5.88 Å². The summed E-state index contributed by atoms with van der Waals surface area (Å²) in [7, 11) is 1.59. The highest BCUT2D eigenvalue weighted by atomic mass is 16.5. The van der Waals surface area contributed by atoms with Crippen LogP contribution in [0, 0.1) is 0 Å². The van der Waals surface area contributed by atoms with E-state index in [9.17, 15) is 4.79 Å². The van der Waals surface area contributed by atoms with E-state index in [0.717, 1.165) is 43.0 Å². The van der Waals surface area contributed by atoms with Gasteiger partial charge in [-0.2, -0.15) is 0 Å². The molecule has 2 aromatic rings. The van der Waals surface area contributed by atoms with Crippen molar-refractivity contribution in [2.45, 2.75) is 18.9 Å². The van der Waals surface area contributed by atoms with Gasteiger partial charge >= 0.3 is 0 Å². The Balaban J connectivity index is 1.57. The number of rotatable bonds is 3. The van der Waals surface area contributed by atoms with Crippen LogP contribution in [0.1, 0.15) is 23.3 Å². The number of benzene rings is 1. The molecular weight excluding hydrogens is 290 g/mol. The number of aromatic nitrogens is 1. The number of amides is 1. The zero-order valence-electron chi connectivity index (χ0n) is 13.4. The van der Waals surface area contributed by atoms with E-state index in [1.807, 2.05) is 35.2 Å². The van der Waals surface area contributed by atoms with Crippen LogP contribution in [0.4, 0.5) is 0 Å². The maximum absolute atomic E-state index is 12.8. The highest BCUT2D eigenvalue weighted by Gasteiger charge is 2.32. The highest BCUT2D eigenvalue weighted by molar-refractivity contribution is 5.98. The Morgan fingerprint density at radius 3 is 2.61 bits per heavy atom. The van der Waals surface area contributed by atoms with Crippen LogP contribution in [0.25, 0.3) is 10.8 Å². The van der Waals surface area contributed by atoms with Crippen molar-refractivity contribution in [3.05, 3.63) is 36.0 Å². The number of carbonyl (C=O) groups excluding carboxylic acids is 1. The maximum Gasteiger partial charge on any atom is 0.272 e. The van der Waals surface area contributed by atoms with Crippen LogP contribution >= 0.6 is 0 Å². The maximum atomic E-state index is 12.8. The van der Waals surface area contributed by atoms with Gasteiger partial charge in [0.2, 0.25) is 5.88 Å². The third kappa shape index (κ3) is 2.77. The number of piperazine rings is 1. The van der Waals surface area contributed by atoms with Gasteiger partial charge in [0.05, 0.1) is 7.11 Å². The highest BCUT2D eigenvalue weighted by Crippen LogP contribution is 2.28. The van der Waals surface area contributed by atoms with E-state index in [-0.39, 0.29) is 5.91 Å². The fraction of sp³-hybridized carbons (Fsp3) is 0.444. The molecule has 2 heterocycles. The second-order valence-corrected chi connectivity index (χ2v) is 6.30. The third-order valence-corrected chi connectivity index (χ3v) is 4.78. The third-order valence-electron chi connectivity index (χ3n) is 4.78. The van der Waals surface area contributed by atoms with E-state index in [2.05, 4.69) is 9.88 Å². The number of pyridine rings is 1. The van der Waals surface area contributed by atoms with Crippen LogP contribution in [-0.2, 0) is 0 Å². The first-order chi connectivity index (χ1) is 11.3. The summed E-state index contributed by atoms with van der Waals surface area (Å²) in [5, 5.41) is 1.92. The van der Waals surface area contributed by atoms with Crippen molar-refractivity contribution in [3.63, 3.8) is 0 Å². The van der Waals surface area contributed by atoms with Crippen molar-refractivity contribution in [1.29, 1.82) is 0 Å². The molecule has 2 aliphatic rings. The molecule has 120 valence electrons. The smallest absolute Gasteiger partial charge is 0.272 e. The quantitative estimate of drug-likeness (QED) is 0.871. The molecule has 1 amide bonds. The SMILES string of the molecule is COc1nc(C(=O)N2CCN(C3CC3)CC2)cc2ccccc12. The Bertz CT molecular complexity index is 734. The summed E-state index contributed by atoms with van der Waals surface area (Å²) in [6, 6.07) is 10.5. The molecule has 0 atom stereocenters. The molecule has 23 heavy (non-hydrogen) atoms. The Morgan fingerprint density at radius 1 is 1.17 bits per heavy atom. The topological polar surface area (TPSA) is 45.7 Å². The van der Waals surface area contributed by atoms with Crippen molar-refractivity contribution >= 4 is 16.7 Å². The number of hydrogen-bond donors (Lipinski definition) is 0. The van der Waals surface area contributed by atoms with Gasteiger partial charge < -0.3 is 9.64 Å². The first-order valence-electron chi connectivity index (χ1n) is 8.23. The molecule has 0 N–H and O–H groups in total. The Hall–Kier alpha value is -2.14. The van der Waals surface area contributed by atoms with Crippen molar-refractivity contribution < 1.29 is 9.53 Å². The van der Waals surface area contributed by atoms with Crippen LogP contribution in [0.3, 0.4) is 0 Å². The van der Waals surface area contributed by atoms with E-state index in [1.165, 1.54) is 12.8 Å². The minimum absolute atomic E-state index is 0.00417. The number of nitrogens with zero attached hydrogens (tertiary/aromatic N) is 3. The van der Waals surface area contributed by atoms with Crippen molar-refractivity contribution in [3.8, 4) is 5.88 Å². The average Bonchev–Trinajstić information content (AvgIpc) is 3.45. The van der Waals surface area contributed by atoms with Crippen molar-refractivity contribution in [1.82, 2.24) is 14.8 Å². The Labute approximate surface area is 135 Å². The molecule has 1 aliphatic carbocycles. The van der Waals surface area contributed by atoms with Gasteiger partial charge in [-0.05, 0) is 30.4 Å². The second-order valence-electron chi connectivity index (χ2n) is 6.30. The lowest BCUT2D eigenvalue weighted by molar-refractivity contribution is 0.0621. The number of fused-ring (bicyclic) bond motifs is 1. The molecular formula is C18H21N3O2. The van der Waals surface area contributed by atoms with E-state index in [0.29, 0.717) is 11.6 Å². The van der Waals surface area contributed by atoms with Crippen molar-refractivity contribution in [2.24, 2.45) is 0 Å². The molecule has 0 spiro atoms. The first kappa shape index (κ1) is 14.5. The summed E-state index contributed by atoms with van der Waals surface area (Å²) in [5.41, 5.74) is 0.473. The van der Waals surface area contributed by atoms with Gasteiger partial charge in [-0.3, -0.25) is 9.69 Å². The van der Waals surface area contributed by atoms with E-state index < -0.39 is 0 Å². The Morgan fingerprint density at radius 2 is 1.91 bits per heavy atom. The van der Waals surface area contributed by atoms with Gasteiger partial charge in [0, 0.05) is 37.6 Å². The molecule has 0 radical (unpaired) electrons. The van der Waals surface area contributed by atoms with Gasteiger partial charge in [0.15, 0.2) is 0 Å². The van der Waals surface area contributed by atoms with Gasteiger partial charge in [0.25, 0.3) is 5.91 Å². The molecule has 1 aliphatic heterocycles. The van der Waals surface area contributed by atoms with Gasteiger partial charge in [0.1, 0.15) is 5.69 Å².